The molecule has 0 amide bonds. The zero-order chi connectivity index (χ0) is 9.84. The largest absolute Gasteiger partial charge is 0.323 e. The Morgan fingerprint density at radius 2 is 2.23 bits per heavy atom. The quantitative estimate of drug-likeness (QED) is 0.771. The molecule has 0 unspecified atom stereocenters. The van der Waals surface area contributed by atoms with Gasteiger partial charge in [-0.05, 0) is 6.07 Å². The van der Waals surface area contributed by atoms with Crippen molar-refractivity contribution in [3.63, 3.8) is 0 Å². The first-order valence-electron chi connectivity index (χ1n) is 3.59. The van der Waals surface area contributed by atoms with Gasteiger partial charge in [0.1, 0.15) is 10.3 Å². The second-order valence-electron chi connectivity index (χ2n) is 2.48. The van der Waals surface area contributed by atoms with Crippen LogP contribution in [0.15, 0.2) is 12.1 Å². The summed E-state index contributed by atoms with van der Waals surface area (Å²) in [5.74, 6) is 0. The van der Waals surface area contributed by atoms with Gasteiger partial charge in [0.05, 0.1) is 12.5 Å². The van der Waals surface area contributed by atoms with Crippen LogP contribution in [0.3, 0.4) is 0 Å². The number of nitriles is 1. The second kappa shape index (κ2) is 4.43. The van der Waals surface area contributed by atoms with Gasteiger partial charge >= 0.3 is 0 Å². The van der Waals surface area contributed by atoms with Gasteiger partial charge in [0.2, 0.25) is 0 Å². The Labute approximate surface area is 86.1 Å². The standard InChI is InChI=1S/C8H7Cl2N3/c9-7-2-1-5(8(10)13-7)6(12)3-4-11/h1-2,6H,3,12H2/t6-/m1/s1. The van der Waals surface area contributed by atoms with Crippen molar-refractivity contribution in [2.45, 2.75) is 12.5 Å². The van der Waals surface area contributed by atoms with Crippen LogP contribution in [0.1, 0.15) is 18.0 Å². The van der Waals surface area contributed by atoms with E-state index in [9.17, 15) is 0 Å². The molecule has 1 rings (SSSR count). The monoisotopic (exact) mass is 215 g/mol. The maximum atomic E-state index is 8.42. The second-order valence-corrected chi connectivity index (χ2v) is 3.23. The molecule has 0 aliphatic rings. The molecule has 0 bridgehead atoms. The van der Waals surface area contributed by atoms with Gasteiger partial charge in [0.15, 0.2) is 0 Å². The van der Waals surface area contributed by atoms with Gasteiger partial charge in [-0.15, -0.1) is 0 Å². The molecule has 0 aliphatic carbocycles. The molecule has 1 atom stereocenters. The number of hydrogen-bond acceptors (Lipinski definition) is 3. The van der Waals surface area contributed by atoms with Crippen molar-refractivity contribution < 1.29 is 0 Å². The summed E-state index contributed by atoms with van der Waals surface area (Å²) >= 11 is 11.4. The Morgan fingerprint density at radius 3 is 2.77 bits per heavy atom. The third kappa shape index (κ3) is 2.56. The minimum absolute atomic E-state index is 0.211. The molecule has 5 heteroatoms. The van der Waals surface area contributed by atoms with E-state index in [4.69, 9.17) is 34.2 Å². The van der Waals surface area contributed by atoms with Crippen LogP contribution < -0.4 is 5.73 Å². The van der Waals surface area contributed by atoms with Crippen LogP contribution in [0.4, 0.5) is 0 Å². The topological polar surface area (TPSA) is 62.7 Å². The summed E-state index contributed by atoms with van der Waals surface area (Å²) in [6, 6.07) is 4.84. The number of halogens is 2. The van der Waals surface area contributed by atoms with Crippen molar-refractivity contribution in [1.82, 2.24) is 4.98 Å². The minimum Gasteiger partial charge on any atom is -0.323 e. The molecule has 0 spiro atoms. The van der Waals surface area contributed by atoms with Crippen LogP contribution in [0.25, 0.3) is 0 Å². The number of nitrogens with two attached hydrogens (primary N) is 1. The number of aromatic nitrogens is 1. The molecule has 1 heterocycles. The number of nitrogens with zero attached hydrogens (tertiary/aromatic N) is 2. The summed E-state index contributed by atoms with van der Waals surface area (Å²) in [4.78, 5) is 3.82. The third-order valence-corrected chi connectivity index (χ3v) is 2.07. The lowest BCUT2D eigenvalue weighted by Gasteiger charge is -2.08. The first kappa shape index (κ1) is 10.3. The normalized spacial score (nSPS) is 12.2. The summed E-state index contributed by atoms with van der Waals surface area (Å²) in [6.45, 7) is 0. The highest BCUT2D eigenvalue weighted by Gasteiger charge is 2.10. The molecule has 0 aromatic carbocycles. The van der Waals surface area contributed by atoms with Crippen molar-refractivity contribution >= 4 is 23.2 Å². The molecular formula is C8H7Cl2N3. The Hall–Kier alpha value is -0.820. The average Bonchev–Trinajstić information content (AvgIpc) is 2.04. The molecule has 13 heavy (non-hydrogen) atoms. The molecule has 0 saturated heterocycles. The Morgan fingerprint density at radius 1 is 1.54 bits per heavy atom. The van der Waals surface area contributed by atoms with Gasteiger partial charge in [-0.25, -0.2) is 4.98 Å². The van der Waals surface area contributed by atoms with Crippen molar-refractivity contribution in [2.75, 3.05) is 0 Å². The number of pyridine rings is 1. The predicted octanol–water partition coefficient (Wildman–Crippen LogP) is 2.30. The molecule has 1 aromatic heterocycles. The fraction of sp³-hybridized carbons (Fsp3) is 0.250. The van der Waals surface area contributed by atoms with E-state index in [-0.39, 0.29) is 11.6 Å². The van der Waals surface area contributed by atoms with E-state index in [1.807, 2.05) is 6.07 Å². The van der Waals surface area contributed by atoms with Crippen molar-refractivity contribution in [1.29, 1.82) is 5.26 Å². The first-order chi connectivity index (χ1) is 6.15. The Bertz CT molecular complexity index is 346. The van der Waals surface area contributed by atoms with Crippen molar-refractivity contribution in [3.8, 4) is 6.07 Å². The molecule has 0 fully saturated rings. The summed E-state index contributed by atoms with van der Waals surface area (Å²) in [6.07, 6.45) is 0.211. The van der Waals surface area contributed by atoms with Crippen molar-refractivity contribution in [2.24, 2.45) is 5.73 Å². The average molecular weight is 216 g/mol. The van der Waals surface area contributed by atoms with Gasteiger partial charge in [-0.2, -0.15) is 5.26 Å². The van der Waals surface area contributed by atoms with Crippen molar-refractivity contribution in [3.05, 3.63) is 28.0 Å². The Kier molecular flexibility index (Phi) is 3.49. The highest BCUT2D eigenvalue weighted by molar-refractivity contribution is 6.32. The summed E-state index contributed by atoms with van der Waals surface area (Å²) in [5, 5.41) is 9.00. The predicted molar refractivity (Wildman–Crippen MR) is 51.4 cm³/mol. The zero-order valence-corrected chi connectivity index (χ0v) is 8.18. The first-order valence-corrected chi connectivity index (χ1v) is 4.35. The van der Waals surface area contributed by atoms with E-state index < -0.39 is 6.04 Å². The van der Waals surface area contributed by atoms with E-state index in [2.05, 4.69) is 4.98 Å². The van der Waals surface area contributed by atoms with Gasteiger partial charge in [-0.1, -0.05) is 29.3 Å². The lowest BCUT2D eigenvalue weighted by Crippen LogP contribution is -2.10. The zero-order valence-electron chi connectivity index (χ0n) is 6.67. The van der Waals surface area contributed by atoms with Gasteiger partial charge in [0.25, 0.3) is 0 Å². The van der Waals surface area contributed by atoms with Crippen LogP contribution in [-0.2, 0) is 0 Å². The van der Waals surface area contributed by atoms with Crippen LogP contribution in [0, 0.1) is 11.3 Å². The molecule has 0 aliphatic heterocycles. The van der Waals surface area contributed by atoms with Crippen LogP contribution in [0.2, 0.25) is 10.3 Å². The van der Waals surface area contributed by atoms with Gasteiger partial charge in [0, 0.05) is 11.6 Å². The molecule has 0 radical (unpaired) electrons. The number of rotatable bonds is 2. The molecule has 1 aromatic rings. The minimum atomic E-state index is -0.401. The highest BCUT2D eigenvalue weighted by Crippen LogP contribution is 2.23. The molecule has 3 nitrogen and oxygen atoms in total. The van der Waals surface area contributed by atoms with E-state index in [1.54, 1.807) is 12.1 Å². The van der Waals surface area contributed by atoms with Gasteiger partial charge < -0.3 is 5.73 Å². The Balaban J connectivity index is 2.96. The fourth-order valence-corrected chi connectivity index (χ4v) is 1.39. The summed E-state index contributed by atoms with van der Waals surface area (Å²) in [5.41, 5.74) is 6.31. The van der Waals surface area contributed by atoms with Gasteiger partial charge in [-0.3, -0.25) is 0 Å². The summed E-state index contributed by atoms with van der Waals surface area (Å²) < 4.78 is 0. The lowest BCUT2D eigenvalue weighted by atomic mass is 10.1. The lowest BCUT2D eigenvalue weighted by molar-refractivity contribution is 0.744. The fourth-order valence-electron chi connectivity index (χ4n) is 0.908. The van der Waals surface area contributed by atoms with Crippen LogP contribution in [-0.4, -0.2) is 4.98 Å². The maximum absolute atomic E-state index is 8.42. The SMILES string of the molecule is N#CC[C@@H](N)c1ccc(Cl)nc1Cl. The highest BCUT2D eigenvalue weighted by atomic mass is 35.5. The van der Waals surface area contributed by atoms with E-state index in [0.717, 1.165) is 0 Å². The molecular weight excluding hydrogens is 209 g/mol. The number of hydrogen-bond donors (Lipinski definition) is 1. The maximum Gasteiger partial charge on any atom is 0.135 e. The molecule has 0 saturated carbocycles. The molecule has 68 valence electrons. The van der Waals surface area contributed by atoms with E-state index in [1.165, 1.54) is 0 Å². The van der Waals surface area contributed by atoms with Crippen LogP contribution in [0.5, 0.6) is 0 Å². The van der Waals surface area contributed by atoms with E-state index in [0.29, 0.717) is 10.7 Å². The smallest absolute Gasteiger partial charge is 0.135 e. The molecule has 2 N–H and O–H groups in total. The van der Waals surface area contributed by atoms with E-state index >= 15 is 0 Å². The third-order valence-electron chi connectivity index (χ3n) is 1.55. The van der Waals surface area contributed by atoms with Crippen LogP contribution >= 0.6 is 23.2 Å². The summed E-state index contributed by atoms with van der Waals surface area (Å²) in [7, 11) is 0.